The Morgan fingerprint density at radius 1 is 0.500 bits per heavy atom. The fourth-order valence-corrected chi connectivity index (χ4v) is 7.05. The number of hydrogen-bond acceptors (Lipinski definition) is 4. The third-order valence-electron chi connectivity index (χ3n) is 2.72. The fraction of sp³-hybridized carbons (Fsp3) is 1.00. The third kappa shape index (κ3) is 8.55. The van der Waals surface area contributed by atoms with Crippen molar-refractivity contribution in [2.24, 2.45) is 10.8 Å². The van der Waals surface area contributed by atoms with Crippen molar-refractivity contribution in [2.45, 2.75) is 27.7 Å². The molecule has 0 nitrogen and oxygen atoms in total. The summed E-state index contributed by atoms with van der Waals surface area (Å²) in [5.74, 6) is 10.6. The summed E-state index contributed by atoms with van der Waals surface area (Å²) in [6, 6.07) is 0. The topological polar surface area (TPSA) is 0 Å². The first-order valence-electron chi connectivity index (χ1n) is 6.72. The summed E-state index contributed by atoms with van der Waals surface area (Å²) in [5, 5.41) is 0. The van der Waals surface area contributed by atoms with E-state index in [1.54, 1.807) is 0 Å². The van der Waals surface area contributed by atoms with Crippen LogP contribution in [0.25, 0.3) is 0 Å². The predicted octanol–water partition coefficient (Wildman–Crippen LogP) is 4.99. The van der Waals surface area contributed by atoms with Gasteiger partial charge in [-0.25, -0.2) is 0 Å². The first-order chi connectivity index (χ1) is 8.41. The van der Waals surface area contributed by atoms with Gasteiger partial charge in [-0.3, -0.25) is 0 Å². The van der Waals surface area contributed by atoms with Gasteiger partial charge < -0.3 is 0 Å². The Bertz CT molecular complexity index is 182. The highest BCUT2D eigenvalue weighted by molar-refractivity contribution is 8.04. The first kappa shape index (κ1) is 17.5. The van der Waals surface area contributed by atoms with Crippen LogP contribution in [0.4, 0.5) is 0 Å². The molecule has 0 unspecified atom stereocenters. The van der Waals surface area contributed by atoms with E-state index in [2.05, 4.69) is 74.7 Å². The second kappa shape index (κ2) is 8.63. The first-order valence-corrected chi connectivity index (χ1v) is 11.3. The molecular formula is C14H28S4. The molecule has 0 aromatic heterocycles. The molecule has 0 atom stereocenters. The van der Waals surface area contributed by atoms with Crippen LogP contribution in [0.2, 0.25) is 0 Å². The summed E-state index contributed by atoms with van der Waals surface area (Å²) in [5.41, 5.74) is 1.02. The van der Waals surface area contributed by atoms with Crippen LogP contribution in [0, 0.1) is 10.8 Å². The molecule has 0 saturated carbocycles. The van der Waals surface area contributed by atoms with Crippen molar-refractivity contribution in [2.75, 3.05) is 46.0 Å². The lowest BCUT2D eigenvalue weighted by Crippen LogP contribution is -2.21. The van der Waals surface area contributed by atoms with Crippen molar-refractivity contribution in [1.82, 2.24) is 0 Å². The molecular weight excluding hydrogens is 296 g/mol. The highest BCUT2D eigenvalue weighted by atomic mass is 32.2. The van der Waals surface area contributed by atoms with Gasteiger partial charge in [-0.1, -0.05) is 27.7 Å². The number of hydrogen-bond donors (Lipinski definition) is 0. The van der Waals surface area contributed by atoms with Crippen molar-refractivity contribution in [3.05, 3.63) is 0 Å². The van der Waals surface area contributed by atoms with Gasteiger partial charge in [0.25, 0.3) is 0 Å². The molecule has 1 saturated heterocycles. The average molecular weight is 325 g/mol. The van der Waals surface area contributed by atoms with E-state index in [1.165, 1.54) is 46.0 Å². The molecule has 0 amide bonds. The summed E-state index contributed by atoms with van der Waals surface area (Å²) in [4.78, 5) is 0. The summed E-state index contributed by atoms with van der Waals surface area (Å²) in [7, 11) is 0. The zero-order valence-electron chi connectivity index (χ0n) is 12.3. The third-order valence-corrected chi connectivity index (χ3v) is 9.15. The smallest absolute Gasteiger partial charge is 0.00238 e. The van der Waals surface area contributed by atoms with Gasteiger partial charge in [-0.2, -0.15) is 47.0 Å². The Labute approximate surface area is 131 Å². The zero-order chi connectivity index (χ0) is 13.5. The van der Waals surface area contributed by atoms with Crippen molar-refractivity contribution in [3.63, 3.8) is 0 Å². The van der Waals surface area contributed by atoms with E-state index in [-0.39, 0.29) is 0 Å². The van der Waals surface area contributed by atoms with Gasteiger partial charge in [0, 0.05) is 23.0 Å². The van der Waals surface area contributed by atoms with Crippen LogP contribution >= 0.6 is 47.0 Å². The predicted molar refractivity (Wildman–Crippen MR) is 96.9 cm³/mol. The van der Waals surface area contributed by atoms with Gasteiger partial charge in [0.05, 0.1) is 0 Å². The van der Waals surface area contributed by atoms with Crippen molar-refractivity contribution in [3.8, 4) is 0 Å². The molecule has 0 spiro atoms. The SMILES string of the molecule is CC1(C)CSCCSCC(C)(C)CSCCSC1. The summed E-state index contributed by atoms with van der Waals surface area (Å²) in [6.07, 6.45) is 0. The van der Waals surface area contributed by atoms with Crippen LogP contribution in [-0.2, 0) is 0 Å². The molecule has 1 aliphatic heterocycles. The highest BCUT2D eigenvalue weighted by Crippen LogP contribution is 2.31. The van der Waals surface area contributed by atoms with Crippen LogP contribution in [0.5, 0.6) is 0 Å². The van der Waals surface area contributed by atoms with Crippen LogP contribution in [0.3, 0.4) is 0 Å². The maximum Gasteiger partial charge on any atom is 0.00238 e. The molecule has 0 bridgehead atoms. The van der Waals surface area contributed by atoms with Crippen LogP contribution in [-0.4, -0.2) is 46.0 Å². The lowest BCUT2D eigenvalue weighted by atomic mass is 10.00. The highest BCUT2D eigenvalue weighted by Gasteiger charge is 2.20. The van der Waals surface area contributed by atoms with Crippen LogP contribution < -0.4 is 0 Å². The molecule has 0 N–H and O–H groups in total. The van der Waals surface area contributed by atoms with E-state index in [9.17, 15) is 0 Å². The number of rotatable bonds is 0. The monoisotopic (exact) mass is 324 g/mol. The van der Waals surface area contributed by atoms with Gasteiger partial charge in [0.1, 0.15) is 0 Å². The fourth-order valence-electron chi connectivity index (χ4n) is 1.71. The Balaban J connectivity index is 2.36. The lowest BCUT2D eigenvalue weighted by molar-refractivity contribution is 0.491. The molecule has 0 aromatic rings. The van der Waals surface area contributed by atoms with E-state index in [0.29, 0.717) is 10.8 Å². The van der Waals surface area contributed by atoms with Gasteiger partial charge >= 0.3 is 0 Å². The molecule has 0 aliphatic carbocycles. The zero-order valence-corrected chi connectivity index (χ0v) is 15.6. The van der Waals surface area contributed by atoms with Gasteiger partial charge in [0.2, 0.25) is 0 Å². The molecule has 0 aromatic carbocycles. The summed E-state index contributed by atoms with van der Waals surface area (Å²) in [6.45, 7) is 9.68. The molecule has 4 heteroatoms. The minimum absolute atomic E-state index is 0.508. The molecule has 1 fully saturated rings. The molecule has 1 heterocycles. The Hall–Kier alpha value is 1.40. The lowest BCUT2D eigenvalue weighted by Gasteiger charge is -2.26. The maximum absolute atomic E-state index is 2.42. The second-order valence-electron chi connectivity index (χ2n) is 6.54. The Kier molecular flexibility index (Phi) is 8.37. The second-order valence-corrected chi connectivity index (χ2v) is 11.0. The molecule has 1 aliphatic rings. The van der Waals surface area contributed by atoms with Gasteiger partial charge in [-0.15, -0.1) is 0 Å². The van der Waals surface area contributed by atoms with Crippen LogP contribution in [0.1, 0.15) is 27.7 Å². The number of thioether (sulfide) groups is 4. The maximum atomic E-state index is 2.42. The van der Waals surface area contributed by atoms with Crippen molar-refractivity contribution in [1.29, 1.82) is 0 Å². The molecule has 1 rings (SSSR count). The van der Waals surface area contributed by atoms with E-state index in [4.69, 9.17) is 0 Å². The largest absolute Gasteiger partial charge is 0.161 e. The summed E-state index contributed by atoms with van der Waals surface area (Å²) < 4.78 is 0. The molecule has 0 radical (unpaired) electrons. The quantitative estimate of drug-likeness (QED) is 0.615. The van der Waals surface area contributed by atoms with E-state index in [1.807, 2.05) is 0 Å². The Morgan fingerprint density at radius 3 is 0.944 bits per heavy atom. The minimum Gasteiger partial charge on any atom is -0.161 e. The van der Waals surface area contributed by atoms with E-state index >= 15 is 0 Å². The molecule has 18 heavy (non-hydrogen) atoms. The van der Waals surface area contributed by atoms with Gasteiger partial charge in [0.15, 0.2) is 0 Å². The molecule has 108 valence electrons. The minimum atomic E-state index is 0.508. The normalized spacial score (nSPS) is 27.3. The Morgan fingerprint density at radius 2 is 0.722 bits per heavy atom. The van der Waals surface area contributed by atoms with Crippen molar-refractivity contribution >= 4 is 47.0 Å². The van der Waals surface area contributed by atoms with E-state index < -0.39 is 0 Å². The van der Waals surface area contributed by atoms with E-state index in [0.717, 1.165) is 0 Å². The van der Waals surface area contributed by atoms with Crippen molar-refractivity contribution < 1.29 is 0 Å². The van der Waals surface area contributed by atoms with Gasteiger partial charge in [-0.05, 0) is 33.8 Å². The average Bonchev–Trinajstić information content (AvgIpc) is 2.27. The summed E-state index contributed by atoms with van der Waals surface area (Å²) >= 11 is 8.59. The van der Waals surface area contributed by atoms with Crippen LogP contribution in [0.15, 0.2) is 0 Å². The standard InChI is InChI=1S/C14H28S4/c1-13(2)9-15-5-7-17-11-14(3,4)12-18-8-6-16-10-13/h5-12H2,1-4H3.